The molecule has 0 amide bonds. The zero-order valence-corrected chi connectivity index (χ0v) is 12.1. The molecule has 2 aliphatic rings. The van der Waals surface area contributed by atoms with E-state index < -0.39 is 0 Å². The molecule has 0 aromatic heterocycles. The minimum absolute atomic E-state index is 0.0819. The highest BCUT2D eigenvalue weighted by Crippen LogP contribution is 2.48. The Kier molecular flexibility index (Phi) is 3.01. The standard InChI is InChI=1S/C17H23NO/c1-12-5-4-6-14(7-12)17-9-15(8-16(19)10-17)18(3)11-13(17)2/h4-7,13,15H,8-11H2,1-3H3/t13-,15-,17-/m1/s1. The maximum absolute atomic E-state index is 12.2. The van der Waals surface area contributed by atoms with Crippen molar-refractivity contribution in [2.75, 3.05) is 13.6 Å². The average molecular weight is 257 g/mol. The normalized spacial score (nSPS) is 35.4. The molecule has 0 radical (unpaired) electrons. The van der Waals surface area contributed by atoms with Gasteiger partial charge in [-0.2, -0.15) is 0 Å². The number of carbonyl (C=O) groups excluding carboxylic acids is 1. The summed E-state index contributed by atoms with van der Waals surface area (Å²) in [6.07, 6.45) is 2.62. The highest BCUT2D eigenvalue weighted by molar-refractivity contribution is 5.82. The van der Waals surface area contributed by atoms with Crippen LogP contribution in [0.4, 0.5) is 0 Å². The van der Waals surface area contributed by atoms with Crippen molar-refractivity contribution in [1.29, 1.82) is 0 Å². The van der Waals surface area contributed by atoms with E-state index in [-0.39, 0.29) is 5.41 Å². The molecule has 3 atom stereocenters. The summed E-state index contributed by atoms with van der Waals surface area (Å²) in [6, 6.07) is 9.24. The lowest BCUT2D eigenvalue weighted by Crippen LogP contribution is -2.57. The van der Waals surface area contributed by atoms with Crippen LogP contribution in [0.25, 0.3) is 0 Å². The zero-order valence-electron chi connectivity index (χ0n) is 12.1. The van der Waals surface area contributed by atoms with Crippen LogP contribution in [-0.2, 0) is 10.2 Å². The molecule has 1 aromatic rings. The number of hydrogen-bond donors (Lipinski definition) is 0. The van der Waals surface area contributed by atoms with E-state index in [1.54, 1.807) is 0 Å². The highest BCUT2D eigenvalue weighted by atomic mass is 16.1. The Balaban J connectivity index is 2.06. The van der Waals surface area contributed by atoms with Crippen molar-refractivity contribution in [1.82, 2.24) is 4.90 Å². The summed E-state index contributed by atoms with van der Waals surface area (Å²) in [5, 5.41) is 0. The van der Waals surface area contributed by atoms with Gasteiger partial charge in [0.1, 0.15) is 5.78 Å². The van der Waals surface area contributed by atoms with E-state index in [0.29, 0.717) is 17.7 Å². The van der Waals surface area contributed by atoms with E-state index in [0.717, 1.165) is 25.8 Å². The minimum Gasteiger partial charge on any atom is -0.303 e. The fraction of sp³-hybridized carbons (Fsp3) is 0.588. The van der Waals surface area contributed by atoms with Gasteiger partial charge < -0.3 is 4.90 Å². The van der Waals surface area contributed by atoms with Crippen LogP contribution >= 0.6 is 0 Å². The van der Waals surface area contributed by atoms with Gasteiger partial charge in [-0.1, -0.05) is 36.8 Å². The van der Waals surface area contributed by atoms with Crippen LogP contribution in [0.15, 0.2) is 24.3 Å². The first-order valence-electron chi connectivity index (χ1n) is 7.30. The Labute approximate surface area is 115 Å². The SMILES string of the molecule is Cc1cccc([C@@]23CC(=O)C[C@H](C2)N(C)C[C@H]3C)c1. The molecule has 2 bridgehead atoms. The molecular weight excluding hydrogens is 234 g/mol. The minimum atomic E-state index is 0.0819. The van der Waals surface area contributed by atoms with E-state index in [1.807, 2.05) is 0 Å². The first-order valence-corrected chi connectivity index (χ1v) is 7.30. The molecule has 19 heavy (non-hydrogen) atoms. The second kappa shape index (κ2) is 4.45. The molecule has 1 aliphatic carbocycles. The van der Waals surface area contributed by atoms with E-state index >= 15 is 0 Å². The lowest BCUT2D eigenvalue weighted by atomic mass is 9.58. The van der Waals surface area contributed by atoms with Gasteiger partial charge in [-0.05, 0) is 31.9 Å². The maximum Gasteiger partial charge on any atom is 0.135 e. The van der Waals surface area contributed by atoms with Gasteiger partial charge in [0.2, 0.25) is 0 Å². The zero-order chi connectivity index (χ0) is 13.6. The largest absolute Gasteiger partial charge is 0.303 e. The first kappa shape index (κ1) is 12.9. The molecule has 1 aliphatic heterocycles. The Morgan fingerprint density at radius 2 is 2.16 bits per heavy atom. The van der Waals surface area contributed by atoms with Crippen molar-refractivity contribution in [2.24, 2.45) is 5.92 Å². The quantitative estimate of drug-likeness (QED) is 0.771. The summed E-state index contributed by atoms with van der Waals surface area (Å²) < 4.78 is 0. The Morgan fingerprint density at radius 1 is 1.37 bits per heavy atom. The number of rotatable bonds is 1. The lowest BCUT2D eigenvalue weighted by Gasteiger charge is -2.53. The number of Topliss-reactive ketones (excluding diaryl/α,β-unsaturated/α-hetero) is 1. The second-order valence-electron chi connectivity index (χ2n) is 6.64. The molecule has 102 valence electrons. The molecule has 1 saturated carbocycles. The molecule has 1 saturated heterocycles. The first-order chi connectivity index (χ1) is 9.01. The topological polar surface area (TPSA) is 20.3 Å². The number of nitrogens with zero attached hydrogens (tertiary/aromatic N) is 1. The van der Waals surface area contributed by atoms with E-state index in [9.17, 15) is 4.79 Å². The predicted molar refractivity (Wildman–Crippen MR) is 77.3 cm³/mol. The van der Waals surface area contributed by atoms with Gasteiger partial charge >= 0.3 is 0 Å². The van der Waals surface area contributed by atoms with Crippen molar-refractivity contribution in [3.63, 3.8) is 0 Å². The van der Waals surface area contributed by atoms with Crippen LogP contribution in [0, 0.1) is 12.8 Å². The Hall–Kier alpha value is -1.15. The predicted octanol–water partition coefficient (Wildman–Crippen LogP) is 2.94. The summed E-state index contributed by atoms with van der Waals surface area (Å²) in [7, 11) is 2.17. The number of carbonyl (C=O) groups is 1. The van der Waals surface area contributed by atoms with Crippen molar-refractivity contribution >= 4 is 5.78 Å². The number of piperidine rings is 1. The van der Waals surface area contributed by atoms with Crippen LogP contribution in [-0.4, -0.2) is 30.3 Å². The Bertz CT molecular complexity index is 510. The van der Waals surface area contributed by atoms with Crippen LogP contribution in [0.3, 0.4) is 0 Å². The average Bonchev–Trinajstić information content (AvgIpc) is 2.36. The molecular formula is C17H23NO. The third-order valence-electron chi connectivity index (χ3n) is 5.30. The molecule has 2 fully saturated rings. The van der Waals surface area contributed by atoms with Gasteiger partial charge in [0.25, 0.3) is 0 Å². The lowest BCUT2D eigenvalue weighted by molar-refractivity contribution is -0.127. The summed E-state index contributed by atoms with van der Waals surface area (Å²) in [5.74, 6) is 0.982. The van der Waals surface area contributed by atoms with Crippen LogP contribution in [0.2, 0.25) is 0 Å². The summed E-state index contributed by atoms with van der Waals surface area (Å²) in [6.45, 7) is 5.56. The van der Waals surface area contributed by atoms with Gasteiger partial charge in [-0.25, -0.2) is 0 Å². The van der Waals surface area contributed by atoms with Crippen molar-refractivity contribution in [2.45, 2.75) is 44.6 Å². The molecule has 2 nitrogen and oxygen atoms in total. The third kappa shape index (κ3) is 2.02. The van der Waals surface area contributed by atoms with Crippen molar-refractivity contribution in [3.8, 4) is 0 Å². The third-order valence-corrected chi connectivity index (χ3v) is 5.30. The fourth-order valence-electron chi connectivity index (χ4n) is 4.15. The number of benzene rings is 1. The van der Waals surface area contributed by atoms with Gasteiger partial charge in [-0.3, -0.25) is 4.79 Å². The molecule has 0 spiro atoms. The molecule has 2 heteroatoms. The number of aryl methyl sites for hydroxylation is 1. The van der Waals surface area contributed by atoms with Crippen molar-refractivity contribution < 1.29 is 4.79 Å². The highest BCUT2D eigenvalue weighted by Gasteiger charge is 2.49. The van der Waals surface area contributed by atoms with E-state index in [2.05, 4.69) is 50.1 Å². The van der Waals surface area contributed by atoms with Gasteiger partial charge in [0.15, 0.2) is 0 Å². The van der Waals surface area contributed by atoms with Gasteiger partial charge in [-0.15, -0.1) is 0 Å². The number of ketones is 1. The molecule has 0 N–H and O–H groups in total. The molecule has 1 aromatic carbocycles. The molecule has 1 heterocycles. The maximum atomic E-state index is 12.2. The summed E-state index contributed by atoms with van der Waals surface area (Å²) in [5.41, 5.74) is 2.76. The Morgan fingerprint density at radius 3 is 2.89 bits per heavy atom. The van der Waals surface area contributed by atoms with E-state index in [4.69, 9.17) is 0 Å². The fourth-order valence-corrected chi connectivity index (χ4v) is 4.15. The van der Waals surface area contributed by atoms with Crippen LogP contribution in [0.1, 0.15) is 37.3 Å². The van der Waals surface area contributed by atoms with Gasteiger partial charge in [0.05, 0.1) is 0 Å². The van der Waals surface area contributed by atoms with Gasteiger partial charge in [0, 0.05) is 30.8 Å². The monoisotopic (exact) mass is 257 g/mol. The van der Waals surface area contributed by atoms with E-state index in [1.165, 1.54) is 11.1 Å². The van der Waals surface area contributed by atoms with Crippen molar-refractivity contribution in [3.05, 3.63) is 35.4 Å². The molecule has 3 rings (SSSR count). The summed E-state index contributed by atoms with van der Waals surface area (Å²) in [4.78, 5) is 14.6. The van der Waals surface area contributed by atoms with Crippen LogP contribution < -0.4 is 0 Å². The number of likely N-dealkylation sites (tertiary alicyclic amines) is 1. The molecule has 0 unspecified atom stereocenters. The smallest absolute Gasteiger partial charge is 0.135 e. The second-order valence-corrected chi connectivity index (χ2v) is 6.64. The number of hydrogen-bond acceptors (Lipinski definition) is 2. The summed E-state index contributed by atoms with van der Waals surface area (Å²) >= 11 is 0. The van der Waals surface area contributed by atoms with Crippen LogP contribution in [0.5, 0.6) is 0 Å². The number of fused-ring (bicyclic) bond motifs is 2.